The molecule has 2 aliphatic heterocycles. The van der Waals surface area contributed by atoms with Crippen LogP contribution in [0.15, 0.2) is 4.99 Å². The van der Waals surface area contributed by atoms with Crippen molar-refractivity contribution in [2.24, 2.45) is 10.9 Å². The lowest BCUT2D eigenvalue weighted by molar-refractivity contribution is -0.0851. The third-order valence-electron chi connectivity index (χ3n) is 4.16. The molecular formula is C15H29N3O3. The highest BCUT2D eigenvalue weighted by molar-refractivity contribution is 5.79. The first-order valence-electron chi connectivity index (χ1n) is 7.98. The molecule has 6 nitrogen and oxygen atoms in total. The zero-order valence-electron chi connectivity index (χ0n) is 13.3. The van der Waals surface area contributed by atoms with Gasteiger partial charge in [-0.1, -0.05) is 0 Å². The molecule has 0 aromatic heterocycles. The number of rotatable bonds is 5. The molecule has 1 N–H and O–H groups in total. The van der Waals surface area contributed by atoms with Crippen molar-refractivity contribution in [1.82, 2.24) is 10.2 Å². The second-order valence-electron chi connectivity index (χ2n) is 5.76. The Morgan fingerprint density at radius 3 is 2.67 bits per heavy atom. The number of aliphatic imine (C=N–C) groups is 1. The molecule has 6 heteroatoms. The van der Waals surface area contributed by atoms with E-state index in [2.05, 4.69) is 22.3 Å². The minimum Gasteiger partial charge on any atom is -0.381 e. The molecule has 0 radical (unpaired) electrons. The second-order valence-corrected chi connectivity index (χ2v) is 5.76. The molecule has 0 spiro atoms. The summed E-state index contributed by atoms with van der Waals surface area (Å²) in [4.78, 5) is 6.54. The Morgan fingerprint density at radius 1 is 1.19 bits per heavy atom. The summed E-state index contributed by atoms with van der Waals surface area (Å²) in [7, 11) is 3.92. The zero-order valence-corrected chi connectivity index (χ0v) is 13.3. The van der Waals surface area contributed by atoms with E-state index in [0.29, 0.717) is 19.8 Å². The van der Waals surface area contributed by atoms with Gasteiger partial charge in [-0.3, -0.25) is 4.99 Å². The van der Waals surface area contributed by atoms with Crippen molar-refractivity contribution in [1.29, 1.82) is 0 Å². The summed E-state index contributed by atoms with van der Waals surface area (Å²) in [6.45, 7) is 5.65. The molecule has 1 atom stereocenters. The van der Waals surface area contributed by atoms with Gasteiger partial charge in [-0.2, -0.15) is 0 Å². The van der Waals surface area contributed by atoms with Gasteiger partial charge in [-0.25, -0.2) is 0 Å². The minimum atomic E-state index is 0.124. The number of ether oxygens (including phenoxy) is 3. The number of hydrogen-bond acceptors (Lipinski definition) is 4. The molecule has 1 unspecified atom stereocenters. The lowest BCUT2D eigenvalue weighted by Crippen LogP contribution is -2.45. The topological polar surface area (TPSA) is 55.3 Å². The standard InChI is InChI=1S/C15H29N3O3/c1-16-15(17-11-14-12-20-9-10-21-14)18(2)6-3-13-4-7-19-8-5-13/h13-14H,3-12H2,1-2H3,(H,16,17). The summed E-state index contributed by atoms with van der Waals surface area (Å²) in [6.07, 6.45) is 3.70. The second kappa shape index (κ2) is 9.23. The Morgan fingerprint density at radius 2 is 2.00 bits per heavy atom. The lowest BCUT2D eigenvalue weighted by Gasteiger charge is -2.28. The van der Waals surface area contributed by atoms with Crippen molar-refractivity contribution < 1.29 is 14.2 Å². The van der Waals surface area contributed by atoms with Gasteiger partial charge in [0.15, 0.2) is 5.96 Å². The zero-order chi connectivity index (χ0) is 14.9. The van der Waals surface area contributed by atoms with Crippen LogP contribution in [0.5, 0.6) is 0 Å². The fourth-order valence-corrected chi connectivity index (χ4v) is 2.76. The Bertz CT molecular complexity index is 313. The molecule has 0 aliphatic carbocycles. The van der Waals surface area contributed by atoms with Crippen LogP contribution in [0, 0.1) is 5.92 Å². The Balaban J connectivity index is 1.66. The summed E-state index contributed by atoms with van der Waals surface area (Å²) in [6, 6.07) is 0. The van der Waals surface area contributed by atoms with Gasteiger partial charge in [0, 0.05) is 40.4 Å². The van der Waals surface area contributed by atoms with E-state index >= 15 is 0 Å². The number of nitrogens with zero attached hydrogens (tertiary/aromatic N) is 2. The van der Waals surface area contributed by atoms with Gasteiger partial charge >= 0.3 is 0 Å². The molecule has 0 bridgehead atoms. The van der Waals surface area contributed by atoms with Gasteiger partial charge in [-0.15, -0.1) is 0 Å². The van der Waals surface area contributed by atoms with Crippen LogP contribution in [0.1, 0.15) is 19.3 Å². The highest BCUT2D eigenvalue weighted by Gasteiger charge is 2.17. The van der Waals surface area contributed by atoms with E-state index in [0.717, 1.165) is 38.2 Å². The van der Waals surface area contributed by atoms with E-state index in [4.69, 9.17) is 14.2 Å². The summed E-state index contributed by atoms with van der Waals surface area (Å²) in [5, 5.41) is 3.37. The first kappa shape index (κ1) is 16.5. The summed E-state index contributed by atoms with van der Waals surface area (Å²) in [5.41, 5.74) is 0. The monoisotopic (exact) mass is 299 g/mol. The Kier molecular flexibility index (Phi) is 7.26. The van der Waals surface area contributed by atoms with E-state index in [1.54, 1.807) is 0 Å². The SMILES string of the molecule is CN=C(NCC1COCCO1)N(C)CCC1CCOCC1. The van der Waals surface area contributed by atoms with Crippen molar-refractivity contribution in [2.45, 2.75) is 25.4 Å². The predicted molar refractivity (Wildman–Crippen MR) is 82.7 cm³/mol. The van der Waals surface area contributed by atoms with Gasteiger partial charge in [0.1, 0.15) is 0 Å². The molecule has 2 saturated heterocycles. The Labute approximate surface area is 127 Å². The van der Waals surface area contributed by atoms with E-state index in [1.165, 1.54) is 19.3 Å². The first-order valence-corrected chi connectivity index (χ1v) is 7.98. The van der Waals surface area contributed by atoms with Crippen molar-refractivity contribution in [3.05, 3.63) is 0 Å². The molecule has 2 aliphatic rings. The normalized spacial score (nSPS) is 24.9. The molecule has 0 amide bonds. The fourth-order valence-electron chi connectivity index (χ4n) is 2.76. The van der Waals surface area contributed by atoms with Crippen molar-refractivity contribution in [2.75, 3.05) is 60.2 Å². The maximum atomic E-state index is 5.63. The van der Waals surface area contributed by atoms with Crippen LogP contribution in [0.3, 0.4) is 0 Å². The van der Waals surface area contributed by atoms with Crippen LogP contribution in [0.2, 0.25) is 0 Å². The summed E-state index contributed by atoms with van der Waals surface area (Å²) < 4.78 is 16.4. The predicted octanol–water partition coefficient (Wildman–Crippen LogP) is 0.726. The highest BCUT2D eigenvalue weighted by atomic mass is 16.6. The maximum absolute atomic E-state index is 5.63. The van der Waals surface area contributed by atoms with Gasteiger partial charge in [0.05, 0.1) is 25.9 Å². The molecular weight excluding hydrogens is 270 g/mol. The van der Waals surface area contributed by atoms with Crippen LogP contribution >= 0.6 is 0 Å². The smallest absolute Gasteiger partial charge is 0.193 e. The van der Waals surface area contributed by atoms with E-state index in [9.17, 15) is 0 Å². The Hall–Kier alpha value is -0.850. The molecule has 2 rings (SSSR count). The quantitative estimate of drug-likeness (QED) is 0.599. The van der Waals surface area contributed by atoms with Crippen LogP contribution in [-0.2, 0) is 14.2 Å². The van der Waals surface area contributed by atoms with Crippen molar-refractivity contribution in [3.63, 3.8) is 0 Å². The molecule has 0 aromatic carbocycles. The largest absolute Gasteiger partial charge is 0.381 e. The highest BCUT2D eigenvalue weighted by Crippen LogP contribution is 2.18. The molecule has 0 aromatic rings. The average molecular weight is 299 g/mol. The summed E-state index contributed by atoms with van der Waals surface area (Å²) >= 11 is 0. The maximum Gasteiger partial charge on any atom is 0.193 e. The van der Waals surface area contributed by atoms with Gasteiger partial charge in [0.2, 0.25) is 0 Å². The van der Waals surface area contributed by atoms with Crippen LogP contribution < -0.4 is 5.32 Å². The molecule has 2 heterocycles. The van der Waals surface area contributed by atoms with E-state index in [-0.39, 0.29) is 6.10 Å². The van der Waals surface area contributed by atoms with Crippen LogP contribution in [-0.4, -0.2) is 77.2 Å². The number of hydrogen-bond donors (Lipinski definition) is 1. The lowest BCUT2D eigenvalue weighted by atomic mass is 9.96. The van der Waals surface area contributed by atoms with E-state index in [1.807, 2.05) is 7.05 Å². The molecule has 122 valence electrons. The van der Waals surface area contributed by atoms with Gasteiger partial charge in [0.25, 0.3) is 0 Å². The van der Waals surface area contributed by atoms with Crippen LogP contribution in [0.25, 0.3) is 0 Å². The average Bonchev–Trinajstić information content (AvgIpc) is 2.55. The molecule has 0 saturated carbocycles. The first-order chi connectivity index (χ1) is 10.3. The third-order valence-corrected chi connectivity index (χ3v) is 4.16. The molecule has 21 heavy (non-hydrogen) atoms. The fraction of sp³-hybridized carbons (Fsp3) is 0.933. The van der Waals surface area contributed by atoms with E-state index < -0.39 is 0 Å². The van der Waals surface area contributed by atoms with Gasteiger partial charge in [-0.05, 0) is 25.2 Å². The van der Waals surface area contributed by atoms with Crippen molar-refractivity contribution >= 4 is 5.96 Å². The number of guanidine groups is 1. The summed E-state index contributed by atoms with van der Waals surface area (Å²) in [5.74, 6) is 1.71. The minimum absolute atomic E-state index is 0.124. The van der Waals surface area contributed by atoms with Crippen LogP contribution in [0.4, 0.5) is 0 Å². The molecule has 2 fully saturated rings. The number of nitrogens with one attached hydrogen (secondary N) is 1. The third kappa shape index (κ3) is 5.80. The van der Waals surface area contributed by atoms with Crippen molar-refractivity contribution in [3.8, 4) is 0 Å². The van der Waals surface area contributed by atoms with Gasteiger partial charge < -0.3 is 24.4 Å².